The molecule has 1 aromatic rings. The second-order valence-corrected chi connectivity index (χ2v) is 10.8. The first kappa shape index (κ1) is 29.6. The van der Waals surface area contributed by atoms with E-state index >= 15 is 0 Å². The van der Waals surface area contributed by atoms with Crippen LogP contribution in [0.2, 0.25) is 0 Å². The van der Waals surface area contributed by atoms with Crippen LogP contribution < -0.4 is 11.1 Å². The van der Waals surface area contributed by atoms with Gasteiger partial charge in [-0.1, -0.05) is 30.3 Å². The van der Waals surface area contributed by atoms with Gasteiger partial charge in [0.2, 0.25) is 5.91 Å². The molecular weight excluding hydrogens is 486 g/mol. The monoisotopic (exact) mass is 523 g/mol. The molecule has 0 bridgehead atoms. The molecular formula is C25H37N3O7S. The average Bonchev–Trinajstić information content (AvgIpc) is 2.80. The molecule has 1 aliphatic rings. The summed E-state index contributed by atoms with van der Waals surface area (Å²) in [6.07, 6.45) is -0.109. The van der Waals surface area contributed by atoms with Crippen molar-refractivity contribution in [2.75, 3.05) is 25.2 Å². The number of carbonyl (C=O) groups is 4. The predicted octanol–water partition coefficient (Wildman–Crippen LogP) is 2.36. The number of hydrogen-bond donors (Lipinski definition) is 3. The molecule has 200 valence electrons. The van der Waals surface area contributed by atoms with Crippen LogP contribution in [-0.4, -0.2) is 82.1 Å². The number of carboxylic acids is 1. The van der Waals surface area contributed by atoms with Crippen molar-refractivity contribution in [2.24, 2.45) is 5.73 Å². The van der Waals surface area contributed by atoms with Crippen molar-refractivity contribution in [1.82, 2.24) is 10.2 Å². The molecule has 1 aromatic carbocycles. The molecule has 1 heterocycles. The van der Waals surface area contributed by atoms with Crippen molar-refractivity contribution in [2.45, 2.75) is 69.9 Å². The molecule has 0 aromatic heterocycles. The minimum atomic E-state index is -1.68. The number of rotatable bonds is 10. The fourth-order valence-corrected chi connectivity index (χ4v) is 4.59. The molecule has 0 aliphatic carbocycles. The Morgan fingerprint density at radius 1 is 1.28 bits per heavy atom. The number of morpholine rings is 1. The number of Topliss-reactive ketones (excluding diaryl/α,β-unsaturated/α-hetero) is 1. The number of aliphatic carboxylic acids is 1. The average molecular weight is 524 g/mol. The zero-order valence-electron chi connectivity index (χ0n) is 21.5. The Labute approximate surface area is 216 Å². The number of carboxylic acid groups (broad SMARTS) is 1. The topological polar surface area (TPSA) is 148 Å². The largest absolute Gasteiger partial charge is 0.481 e. The third-order valence-electron chi connectivity index (χ3n) is 5.87. The highest BCUT2D eigenvalue weighted by atomic mass is 32.2. The maximum absolute atomic E-state index is 14.1. The third kappa shape index (κ3) is 7.44. The zero-order valence-corrected chi connectivity index (χ0v) is 22.3. The summed E-state index contributed by atoms with van der Waals surface area (Å²) in [6.45, 7) is 6.83. The lowest BCUT2D eigenvalue weighted by Crippen LogP contribution is -2.67. The number of carbonyl (C=O) groups excluding carboxylic acids is 3. The van der Waals surface area contributed by atoms with Crippen LogP contribution in [0.3, 0.4) is 0 Å². The van der Waals surface area contributed by atoms with E-state index in [2.05, 4.69) is 5.32 Å². The molecule has 1 fully saturated rings. The summed E-state index contributed by atoms with van der Waals surface area (Å²) in [6, 6.07) is 6.52. The standard InChI is InChI=1S/C25H37N3O7S/c1-24(2,3)35-23(33)28-12-13-34-21(16-9-7-6-8-10-16)25(28,4)20(31)18(15-19(29)30)27-22(32)17(26)11-14-36-5/h6-10,17-18,21H,11-15,26H2,1-5H3,(H,27,32)(H,29,30)/t17-,18-,21?,25?/m0/s1. The van der Waals surface area contributed by atoms with Gasteiger partial charge in [0, 0.05) is 6.54 Å². The molecule has 2 amide bonds. The summed E-state index contributed by atoms with van der Waals surface area (Å²) in [5.41, 5.74) is 4.07. The van der Waals surface area contributed by atoms with Crippen LogP contribution in [0, 0.1) is 0 Å². The maximum Gasteiger partial charge on any atom is 0.411 e. The summed E-state index contributed by atoms with van der Waals surface area (Å²) in [5.74, 6) is -1.98. The van der Waals surface area contributed by atoms with E-state index in [-0.39, 0.29) is 13.2 Å². The second-order valence-electron chi connectivity index (χ2n) is 9.85. The van der Waals surface area contributed by atoms with Crippen LogP contribution in [0.15, 0.2) is 30.3 Å². The highest BCUT2D eigenvalue weighted by Crippen LogP contribution is 2.40. The van der Waals surface area contributed by atoms with Gasteiger partial charge in [0.1, 0.15) is 23.3 Å². The SMILES string of the molecule is CSCC[C@H](N)C(=O)N[C@@H](CC(=O)O)C(=O)C1(C)C(c2ccccc2)OCCN1C(=O)OC(C)(C)C. The lowest BCUT2D eigenvalue weighted by molar-refractivity contribution is -0.160. The molecule has 0 saturated carbocycles. The zero-order chi connectivity index (χ0) is 27.1. The van der Waals surface area contributed by atoms with E-state index in [4.69, 9.17) is 15.2 Å². The molecule has 11 heteroatoms. The Morgan fingerprint density at radius 3 is 2.47 bits per heavy atom. The van der Waals surface area contributed by atoms with Crippen LogP contribution >= 0.6 is 11.8 Å². The highest BCUT2D eigenvalue weighted by Gasteiger charge is 2.55. The van der Waals surface area contributed by atoms with E-state index in [1.807, 2.05) is 6.26 Å². The fourth-order valence-electron chi connectivity index (χ4n) is 4.10. The predicted molar refractivity (Wildman–Crippen MR) is 137 cm³/mol. The van der Waals surface area contributed by atoms with E-state index in [1.54, 1.807) is 51.1 Å². The van der Waals surface area contributed by atoms with Crippen molar-refractivity contribution >= 4 is 35.5 Å². The number of ketones is 1. The lowest BCUT2D eigenvalue weighted by atomic mass is 9.79. The van der Waals surface area contributed by atoms with Crippen molar-refractivity contribution in [1.29, 1.82) is 0 Å². The third-order valence-corrected chi connectivity index (χ3v) is 6.51. The van der Waals surface area contributed by atoms with E-state index in [0.717, 1.165) is 0 Å². The van der Waals surface area contributed by atoms with Gasteiger partial charge < -0.3 is 25.6 Å². The molecule has 2 rings (SSSR count). The summed E-state index contributed by atoms with van der Waals surface area (Å²) in [4.78, 5) is 53.2. The molecule has 4 N–H and O–H groups in total. The van der Waals surface area contributed by atoms with E-state index in [0.29, 0.717) is 17.7 Å². The maximum atomic E-state index is 14.1. The highest BCUT2D eigenvalue weighted by molar-refractivity contribution is 7.98. The lowest BCUT2D eigenvalue weighted by Gasteiger charge is -2.49. The van der Waals surface area contributed by atoms with Gasteiger partial charge in [0.05, 0.1) is 19.1 Å². The van der Waals surface area contributed by atoms with Crippen molar-refractivity contribution < 1.29 is 33.8 Å². The first-order valence-corrected chi connectivity index (χ1v) is 13.2. The molecule has 2 unspecified atom stereocenters. The Balaban J connectivity index is 2.52. The van der Waals surface area contributed by atoms with Gasteiger partial charge in [-0.25, -0.2) is 4.79 Å². The smallest absolute Gasteiger partial charge is 0.411 e. The van der Waals surface area contributed by atoms with Gasteiger partial charge in [-0.05, 0) is 51.7 Å². The number of ether oxygens (including phenoxy) is 2. The minimum absolute atomic E-state index is 0.0431. The number of nitrogens with two attached hydrogens (primary N) is 1. The van der Waals surface area contributed by atoms with Gasteiger partial charge in [-0.2, -0.15) is 11.8 Å². The summed E-state index contributed by atoms with van der Waals surface area (Å²) >= 11 is 1.52. The first-order chi connectivity index (χ1) is 16.8. The van der Waals surface area contributed by atoms with Crippen molar-refractivity contribution in [3.63, 3.8) is 0 Å². The minimum Gasteiger partial charge on any atom is -0.481 e. The number of amides is 2. The van der Waals surface area contributed by atoms with Crippen molar-refractivity contribution in [3.05, 3.63) is 35.9 Å². The molecule has 36 heavy (non-hydrogen) atoms. The van der Waals surface area contributed by atoms with E-state index in [9.17, 15) is 24.3 Å². The molecule has 1 saturated heterocycles. The Kier molecular flexibility index (Phi) is 10.3. The van der Waals surface area contributed by atoms with Gasteiger partial charge in [0.15, 0.2) is 5.78 Å². The summed E-state index contributed by atoms with van der Waals surface area (Å²) in [5, 5.41) is 12.1. The Hall–Kier alpha value is -2.63. The van der Waals surface area contributed by atoms with Gasteiger partial charge in [0.25, 0.3) is 0 Å². The van der Waals surface area contributed by atoms with Crippen LogP contribution in [0.25, 0.3) is 0 Å². The van der Waals surface area contributed by atoms with Crippen LogP contribution in [0.4, 0.5) is 4.79 Å². The molecule has 4 atom stereocenters. The van der Waals surface area contributed by atoms with Crippen LogP contribution in [-0.2, 0) is 23.9 Å². The molecule has 1 aliphatic heterocycles. The fraction of sp³-hybridized carbons (Fsp3) is 0.600. The summed E-state index contributed by atoms with van der Waals surface area (Å²) in [7, 11) is 0. The number of nitrogens with zero attached hydrogens (tertiary/aromatic N) is 1. The number of thioether (sulfide) groups is 1. The molecule has 0 radical (unpaired) electrons. The summed E-state index contributed by atoms with van der Waals surface area (Å²) < 4.78 is 11.6. The molecule has 10 nitrogen and oxygen atoms in total. The Bertz CT molecular complexity index is 937. The van der Waals surface area contributed by atoms with Crippen LogP contribution in [0.1, 0.15) is 52.2 Å². The van der Waals surface area contributed by atoms with E-state index < -0.39 is 59.5 Å². The number of benzene rings is 1. The van der Waals surface area contributed by atoms with Crippen molar-refractivity contribution in [3.8, 4) is 0 Å². The van der Waals surface area contributed by atoms with Crippen LogP contribution in [0.5, 0.6) is 0 Å². The van der Waals surface area contributed by atoms with Gasteiger partial charge in [-0.15, -0.1) is 0 Å². The Morgan fingerprint density at radius 2 is 1.92 bits per heavy atom. The van der Waals surface area contributed by atoms with Gasteiger partial charge >= 0.3 is 12.1 Å². The molecule has 0 spiro atoms. The normalized spacial score (nSPS) is 21.8. The van der Waals surface area contributed by atoms with Gasteiger partial charge in [-0.3, -0.25) is 19.3 Å². The number of nitrogens with one attached hydrogen (secondary N) is 1. The van der Waals surface area contributed by atoms with E-state index in [1.165, 1.54) is 23.6 Å². The quantitative estimate of drug-likeness (QED) is 0.420. The first-order valence-electron chi connectivity index (χ1n) is 11.8. The second kappa shape index (κ2) is 12.6. The number of hydrogen-bond acceptors (Lipinski definition) is 8.